The maximum absolute atomic E-state index is 12.8. The number of nitrogens with one attached hydrogen (secondary N) is 1. The van der Waals surface area contributed by atoms with Crippen LogP contribution in [-0.4, -0.2) is 30.7 Å². The smallest absolute Gasteiger partial charge is 0.253 e. The largest absolute Gasteiger partial charge is 0.348 e. The monoisotopic (exact) mass is 381 g/mol. The second-order valence-electron chi connectivity index (χ2n) is 7.06. The van der Waals surface area contributed by atoms with Crippen molar-refractivity contribution in [3.63, 3.8) is 0 Å². The number of fused-ring (bicyclic) bond motifs is 2. The Labute approximate surface area is 162 Å². The Bertz CT molecular complexity index is 999. The number of aromatic nitrogens is 4. The van der Waals surface area contributed by atoms with Gasteiger partial charge in [0.05, 0.1) is 11.3 Å². The van der Waals surface area contributed by atoms with Crippen LogP contribution in [-0.2, 0) is 11.2 Å². The molecule has 0 unspecified atom stereocenters. The van der Waals surface area contributed by atoms with Crippen LogP contribution in [0.1, 0.15) is 48.3 Å². The Balaban J connectivity index is 1.47. The Kier molecular flexibility index (Phi) is 4.86. The summed E-state index contributed by atoms with van der Waals surface area (Å²) in [5.74, 6) is 0.588. The highest BCUT2D eigenvalue weighted by Crippen LogP contribution is 2.30. The summed E-state index contributed by atoms with van der Waals surface area (Å²) in [5.41, 5.74) is 4.47. The van der Waals surface area contributed by atoms with Gasteiger partial charge in [-0.05, 0) is 57.2 Å². The fraction of sp³-hybridized carbons (Fsp3) is 0.400. The second kappa shape index (κ2) is 7.31. The zero-order valence-electron chi connectivity index (χ0n) is 15.8. The third-order valence-electron chi connectivity index (χ3n) is 4.94. The van der Waals surface area contributed by atoms with Crippen LogP contribution in [0.15, 0.2) is 35.5 Å². The van der Waals surface area contributed by atoms with Crippen molar-refractivity contribution in [2.24, 2.45) is 0 Å². The number of rotatable bonds is 4. The van der Waals surface area contributed by atoms with Gasteiger partial charge in [-0.2, -0.15) is 4.98 Å². The van der Waals surface area contributed by atoms with Gasteiger partial charge in [0.2, 0.25) is 11.1 Å². The molecular weight excluding hydrogens is 358 g/mol. The van der Waals surface area contributed by atoms with Crippen molar-refractivity contribution in [3.8, 4) is 0 Å². The number of amides is 1. The molecule has 7 heteroatoms. The summed E-state index contributed by atoms with van der Waals surface area (Å²) in [6, 6.07) is 10.4. The van der Waals surface area contributed by atoms with E-state index in [1.165, 1.54) is 22.9 Å². The van der Waals surface area contributed by atoms with Gasteiger partial charge in [0.15, 0.2) is 0 Å². The number of thioether (sulfide) groups is 1. The first-order chi connectivity index (χ1) is 13.0. The molecule has 1 aromatic carbocycles. The SMILES string of the molecule is Cc1cc(C)n2nc(S[C@@H](C)C(=O)N[C@@H]3CCCc4ccccc43)nc2n1. The van der Waals surface area contributed by atoms with E-state index in [0.29, 0.717) is 10.9 Å². The first-order valence-electron chi connectivity index (χ1n) is 9.27. The topological polar surface area (TPSA) is 72.2 Å². The normalized spacial score (nSPS) is 17.5. The number of carbonyl (C=O) groups is 1. The van der Waals surface area contributed by atoms with E-state index in [0.717, 1.165) is 30.7 Å². The Morgan fingerprint density at radius 3 is 2.96 bits per heavy atom. The third kappa shape index (κ3) is 3.69. The molecule has 0 radical (unpaired) electrons. The lowest BCUT2D eigenvalue weighted by Gasteiger charge is -2.27. The third-order valence-corrected chi connectivity index (χ3v) is 5.89. The summed E-state index contributed by atoms with van der Waals surface area (Å²) in [7, 11) is 0. The first-order valence-corrected chi connectivity index (χ1v) is 10.1. The maximum atomic E-state index is 12.8. The summed E-state index contributed by atoms with van der Waals surface area (Å²) < 4.78 is 1.72. The molecule has 1 aliphatic carbocycles. The van der Waals surface area contributed by atoms with Gasteiger partial charge in [-0.15, -0.1) is 5.10 Å². The van der Waals surface area contributed by atoms with E-state index >= 15 is 0 Å². The maximum Gasteiger partial charge on any atom is 0.253 e. The van der Waals surface area contributed by atoms with Crippen LogP contribution in [0.4, 0.5) is 0 Å². The summed E-state index contributed by atoms with van der Waals surface area (Å²) in [6.07, 6.45) is 3.17. The minimum Gasteiger partial charge on any atom is -0.348 e. The molecule has 0 aliphatic heterocycles. The number of benzene rings is 1. The van der Waals surface area contributed by atoms with Gasteiger partial charge < -0.3 is 5.32 Å². The van der Waals surface area contributed by atoms with Crippen molar-refractivity contribution in [3.05, 3.63) is 52.8 Å². The molecule has 3 aromatic rings. The van der Waals surface area contributed by atoms with Gasteiger partial charge in [0.25, 0.3) is 5.78 Å². The van der Waals surface area contributed by atoms with E-state index in [9.17, 15) is 4.79 Å². The summed E-state index contributed by atoms with van der Waals surface area (Å²) in [5, 5.41) is 7.99. The molecule has 4 rings (SSSR count). The molecule has 6 nitrogen and oxygen atoms in total. The highest BCUT2D eigenvalue weighted by molar-refractivity contribution is 8.00. The average Bonchev–Trinajstić information content (AvgIpc) is 3.04. The van der Waals surface area contributed by atoms with Crippen molar-refractivity contribution in [1.82, 2.24) is 24.9 Å². The highest BCUT2D eigenvalue weighted by Gasteiger charge is 2.25. The van der Waals surface area contributed by atoms with E-state index in [2.05, 4.69) is 38.6 Å². The van der Waals surface area contributed by atoms with Crippen LogP contribution >= 0.6 is 11.8 Å². The van der Waals surface area contributed by atoms with Gasteiger partial charge in [-0.25, -0.2) is 9.50 Å². The summed E-state index contributed by atoms with van der Waals surface area (Å²) >= 11 is 1.37. The standard InChI is InChI=1S/C20H23N5OS/c1-12-11-13(2)25-19(21-12)23-20(24-25)27-14(3)18(26)22-17-10-6-8-15-7-4-5-9-16(15)17/h4-5,7,9,11,14,17H,6,8,10H2,1-3H3,(H,22,26)/t14-,17+/m0/s1. The van der Waals surface area contributed by atoms with Gasteiger partial charge >= 0.3 is 0 Å². The lowest BCUT2D eigenvalue weighted by molar-refractivity contribution is -0.121. The average molecular weight is 382 g/mol. The number of hydrogen-bond acceptors (Lipinski definition) is 5. The second-order valence-corrected chi connectivity index (χ2v) is 8.37. The minimum atomic E-state index is -0.280. The molecule has 2 aromatic heterocycles. The fourth-order valence-corrected chi connectivity index (χ4v) is 4.36. The molecule has 140 valence electrons. The van der Waals surface area contributed by atoms with E-state index in [-0.39, 0.29) is 17.2 Å². The van der Waals surface area contributed by atoms with Crippen molar-refractivity contribution in [1.29, 1.82) is 0 Å². The van der Waals surface area contributed by atoms with Crippen LogP contribution in [0.25, 0.3) is 5.78 Å². The molecule has 0 saturated heterocycles. The molecule has 1 amide bonds. The Hall–Kier alpha value is -2.41. The van der Waals surface area contributed by atoms with Gasteiger partial charge in [0.1, 0.15) is 0 Å². The lowest BCUT2D eigenvalue weighted by atomic mass is 9.88. The molecule has 0 fully saturated rings. The zero-order valence-corrected chi connectivity index (χ0v) is 16.6. The molecule has 0 spiro atoms. The molecule has 2 heterocycles. The molecular formula is C20H23N5OS. The van der Waals surface area contributed by atoms with E-state index < -0.39 is 0 Å². The van der Waals surface area contributed by atoms with Crippen molar-refractivity contribution < 1.29 is 4.79 Å². The van der Waals surface area contributed by atoms with Crippen LogP contribution in [0.3, 0.4) is 0 Å². The molecule has 27 heavy (non-hydrogen) atoms. The van der Waals surface area contributed by atoms with Crippen molar-refractivity contribution >= 4 is 23.4 Å². The summed E-state index contributed by atoms with van der Waals surface area (Å²) in [4.78, 5) is 21.6. The molecule has 1 aliphatic rings. The van der Waals surface area contributed by atoms with Crippen molar-refractivity contribution in [2.75, 3.05) is 0 Å². The van der Waals surface area contributed by atoms with Crippen LogP contribution in [0, 0.1) is 13.8 Å². The predicted octanol–water partition coefficient (Wildman–Crippen LogP) is 3.42. The Morgan fingerprint density at radius 1 is 1.30 bits per heavy atom. The molecule has 0 bridgehead atoms. The van der Waals surface area contributed by atoms with Crippen LogP contribution < -0.4 is 5.32 Å². The number of nitrogens with zero attached hydrogens (tertiary/aromatic N) is 4. The van der Waals surface area contributed by atoms with Gasteiger partial charge in [0, 0.05) is 11.4 Å². The van der Waals surface area contributed by atoms with E-state index in [1.54, 1.807) is 4.52 Å². The molecule has 2 atom stereocenters. The van der Waals surface area contributed by atoms with Gasteiger partial charge in [-0.3, -0.25) is 4.79 Å². The minimum absolute atomic E-state index is 0.0152. The summed E-state index contributed by atoms with van der Waals surface area (Å²) in [6.45, 7) is 5.81. The molecule has 1 N–H and O–H groups in total. The lowest BCUT2D eigenvalue weighted by Crippen LogP contribution is -2.35. The fourth-order valence-electron chi connectivity index (χ4n) is 3.60. The quantitative estimate of drug-likeness (QED) is 0.701. The van der Waals surface area contributed by atoms with E-state index in [4.69, 9.17) is 0 Å². The highest BCUT2D eigenvalue weighted by atomic mass is 32.2. The predicted molar refractivity (Wildman–Crippen MR) is 106 cm³/mol. The number of carbonyl (C=O) groups excluding carboxylic acids is 1. The zero-order chi connectivity index (χ0) is 19.0. The van der Waals surface area contributed by atoms with Crippen molar-refractivity contribution in [2.45, 2.75) is 56.5 Å². The van der Waals surface area contributed by atoms with E-state index in [1.807, 2.05) is 32.9 Å². The Morgan fingerprint density at radius 2 is 2.11 bits per heavy atom. The van der Waals surface area contributed by atoms with Crippen LogP contribution in [0.2, 0.25) is 0 Å². The number of aryl methyl sites for hydroxylation is 3. The number of hydrogen-bond donors (Lipinski definition) is 1. The van der Waals surface area contributed by atoms with Gasteiger partial charge in [-0.1, -0.05) is 36.0 Å². The first kappa shape index (κ1) is 18.0. The molecule has 0 saturated carbocycles. The van der Waals surface area contributed by atoms with Crippen LogP contribution in [0.5, 0.6) is 0 Å².